The van der Waals surface area contributed by atoms with Crippen molar-refractivity contribution in [2.75, 3.05) is 0 Å². The summed E-state index contributed by atoms with van der Waals surface area (Å²) in [7, 11) is 0. The molecule has 2 aromatic carbocycles. The van der Waals surface area contributed by atoms with Crippen molar-refractivity contribution in [2.24, 2.45) is 0 Å². The number of aryl methyl sites for hydroxylation is 2. The molecule has 0 bridgehead atoms. The first-order valence-corrected chi connectivity index (χ1v) is 7.66. The van der Waals surface area contributed by atoms with Gasteiger partial charge >= 0.3 is 0 Å². The molecule has 0 unspecified atom stereocenters. The normalized spacial score (nSPS) is 18.3. The van der Waals surface area contributed by atoms with Crippen LogP contribution < -0.4 is 5.32 Å². The highest BCUT2D eigenvalue weighted by molar-refractivity contribution is 5.79. The Hall–Kier alpha value is -2.13. The van der Waals surface area contributed by atoms with Crippen LogP contribution in [0.2, 0.25) is 0 Å². The third kappa shape index (κ3) is 2.53. The first-order chi connectivity index (χ1) is 10.5. The summed E-state index contributed by atoms with van der Waals surface area (Å²) in [5.74, 6) is 0.00345. The average Bonchev–Trinajstić information content (AvgIpc) is 2.93. The Labute approximate surface area is 131 Å². The second kappa shape index (κ2) is 5.58. The second-order valence-corrected chi connectivity index (χ2v) is 6.16. The number of carbonyl (C=O) groups is 1. The van der Waals surface area contributed by atoms with Gasteiger partial charge in [0.1, 0.15) is 5.60 Å². The topological polar surface area (TPSA) is 49.3 Å². The molecule has 0 spiro atoms. The zero-order valence-corrected chi connectivity index (χ0v) is 13.0. The van der Waals surface area contributed by atoms with Crippen LogP contribution in [0.4, 0.5) is 0 Å². The molecule has 3 nitrogen and oxygen atoms in total. The third-order valence-electron chi connectivity index (χ3n) is 4.42. The lowest BCUT2D eigenvalue weighted by atomic mass is 9.78. The van der Waals surface area contributed by atoms with E-state index in [9.17, 15) is 9.90 Å². The molecular weight excluding hydrogens is 274 g/mol. The van der Waals surface area contributed by atoms with E-state index in [0.717, 1.165) is 22.3 Å². The van der Waals surface area contributed by atoms with Crippen LogP contribution in [0.3, 0.4) is 0 Å². The molecule has 3 heteroatoms. The van der Waals surface area contributed by atoms with Crippen LogP contribution in [-0.4, -0.2) is 17.1 Å². The van der Waals surface area contributed by atoms with Gasteiger partial charge in [0, 0.05) is 6.42 Å². The molecule has 0 saturated carbocycles. The zero-order chi connectivity index (χ0) is 15.7. The van der Waals surface area contributed by atoms with Gasteiger partial charge in [0.25, 0.3) is 0 Å². The molecule has 1 atom stereocenters. The maximum Gasteiger partial charge on any atom is 0.220 e. The minimum Gasteiger partial charge on any atom is -0.378 e. The number of amides is 1. The van der Waals surface area contributed by atoms with Crippen LogP contribution in [0, 0.1) is 13.8 Å². The SMILES string of the molecule is Cc1cccc(C(O)(c2cccc(C)c2)[C@H]2CCC(=O)N2)c1. The van der Waals surface area contributed by atoms with Gasteiger partial charge in [0.2, 0.25) is 5.91 Å². The van der Waals surface area contributed by atoms with E-state index >= 15 is 0 Å². The highest BCUT2D eigenvalue weighted by atomic mass is 16.3. The van der Waals surface area contributed by atoms with Crippen molar-refractivity contribution < 1.29 is 9.90 Å². The molecule has 0 radical (unpaired) electrons. The fourth-order valence-electron chi connectivity index (χ4n) is 3.26. The summed E-state index contributed by atoms with van der Waals surface area (Å²) in [5.41, 5.74) is 2.63. The number of hydrogen-bond donors (Lipinski definition) is 2. The van der Waals surface area contributed by atoms with E-state index in [1.165, 1.54) is 0 Å². The smallest absolute Gasteiger partial charge is 0.220 e. The Balaban J connectivity index is 2.15. The van der Waals surface area contributed by atoms with Crippen LogP contribution >= 0.6 is 0 Å². The number of hydrogen-bond acceptors (Lipinski definition) is 2. The van der Waals surface area contributed by atoms with E-state index in [1.807, 2.05) is 62.4 Å². The molecule has 114 valence electrons. The van der Waals surface area contributed by atoms with E-state index in [0.29, 0.717) is 12.8 Å². The number of aliphatic hydroxyl groups is 1. The van der Waals surface area contributed by atoms with Crippen LogP contribution in [0.1, 0.15) is 35.1 Å². The molecule has 1 fully saturated rings. The lowest BCUT2D eigenvalue weighted by Gasteiger charge is -2.35. The minimum atomic E-state index is -1.20. The molecule has 2 N–H and O–H groups in total. The lowest BCUT2D eigenvalue weighted by Crippen LogP contribution is -2.47. The van der Waals surface area contributed by atoms with Gasteiger partial charge in [-0.3, -0.25) is 4.79 Å². The maximum absolute atomic E-state index is 11.7. The Morgan fingerprint density at radius 1 is 1.05 bits per heavy atom. The lowest BCUT2D eigenvalue weighted by molar-refractivity contribution is -0.120. The molecule has 0 aromatic heterocycles. The van der Waals surface area contributed by atoms with Gasteiger partial charge in [-0.1, -0.05) is 59.7 Å². The monoisotopic (exact) mass is 295 g/mol. The third-order valence-corrected chi connectivity index (χ3v) is 4.42. The Morgan fingerprint density at radius 2 is 1.59 bits per heavy atom. The molecule has 0 aliphatic carbocycles. The zero-order valence-electron chi connectivity index (χ0n) is 13.0. The highest BCUT2D eigenvalue weighted by Crippen LogP contribution is 2.37. The maximum atomic E-state index is 11.7. The highest BCUT2D eigenvalue weighted by Gasteiger charge is 2.43. The predicted octanol–water partition coefficient (Wildman–Crippen LogP) is 2.82. The van der Waals surface area contributed by atoms with Gasteiger partial charge in [-0.05, 0) is 31.4 Å². The Morgan fingerprint density at radius 3 is 2.00 bits per heavy atom. The van der Waals surface area contributed by atoms with Gasteiger partial charge < -0.3 is 10.4 Å². The van der Waals surface area contributed by atoms with Crippen molar-refractivity contribution in [1.29, 1.82) is 0 Å². The molecule has 1 aliphatic rings. The summed E-state index contributed by atoms with van der Waals surface area (Å²) in [6.45, 7) is 4.01. The van der Waals surface area contributed by atoms with E-state index in [1.54, 1.807) is 0 Å². The Bertz CT molecular complexity index is 663. The van der Waals surface area contributed by atoms with E-state index in [-0.39, 0.29) is 11.9 Å². The fraction of sp³-hybridized carbons (Fsp3) is 0.316. The first-order valence-electron chi connectivity index (χ1n) is 7.66. The summed E-state index contributed by atoms with van der Waals surface area (Å²) >= 11 is 0. The van der Waals surface area contributed by atoms with Crippen molar-refractivity contribution in [1.82, 2.24) is 5.32 Å². The molecule has 3 rings (SSSR count). The molecule has 2 aromatic rings. The van der Waals surface area contributed by atoms with Crippen molar-refractivity contribution in [2.45, 2.75) is 38.3 Å². The summed E-state index contributed by atoms with van der Waals surface area (Å²) in [5, 5.41) is 14.5. The molecule has 1 heterocycles. The van der Waals surface area contributed by atoms with E-state index in [4.69, 9.17) is 0 Å². The number of benzene rings is 2. The summed E-state index contributed by atoms with van der Waals surface area (Å²) in [4.78, 5) is 11.7. The summed E-state index contributed by atoms with van der Waals surface area (Å²) in [6, 6.07) is 15.5. The van der Waals surface area contributed by atoms with Gasteiger partial charge in [0.15, 0.2) is 0 Å². The number of rotatable bonds is 3. The molecule has 1 saturated heterocycles. The molecular formula is C19H21NO2. The van der Waals surface area contributed by atoms with E-state index < -0.39 is 5.60 Å². The average molecular weight is 295 g/mol. The molecule has 1 aliphatic heterocycles. The first kappa shape index (κ1) is 14.8. The summed E-state index contributed by atoms with van der Waals surface area (Å²) in [6.07, 6.45) is 1.10. The van der Waals surface area contributed by atoms with Gasteiger partial charge in [-0.25, -0.2) is 0 Å². The van der Waals surface area contributed by atoms with Crippen LogP contribution in [-0.2, 0) is 10.4 Å². The molecule has 22 heavy (non-hydrogen) atoms. The standard InChI is InChI=1S/C19H21NO2/c1-13-5-3-7-15(11-13)19(22,17-9-10-18(21)20-17)16-8-4-6-14(2)12-16/h3-8,11-12,17,22H,9-10H2,1-2H3,(H,20,21)/t17-/m1/s1. The van der Waals surface area contributed by atoms with Crippen LogP contribution in [0.25, 0.3) is 0 Å². The Kier molecular flexibility index (Phi) is 3.75. The van der Waals surface area contributed by atoms with Gasteiger partial charge in [-0.15, -0.1) is 0 Å². The number of carbonyl (C=O) groups excluding carboxylic acids is 1. The fourth-order valence-corrected chi connectivity index (χ4v) is 3.26. The predicted molar refractivity (Wildman–Crippen MR) is 86.5 cm³/mol. The molecule has 1 amide bonds. The van der Waals surface area contributed by atoms with Crippen molar-refractivity contribution in [3.8, 4) is 0 Å². The number of nitrogens with one attached hydrogen (secondary N) is 1. The largest absolute Gasteiger partial charge is 0.378 e. The quantitative estimate of drug-likeness (QED) is 0.915. The van der Waals surface area contributed by atoms with Crippen molar-refractivity contribution in [3.05, 3.63) is 70.8 Å². The minimum absolute atomic E-state index is 0.00345. The van der Waals surface area contributed by atoms with Crippen molar-refractivity contribution in [3.63, 3.8) is 0 Å². The van der Waals surface area contributed by atoms with Gasteiger partial charge in [0.05, 0.1) is 6.04 Å². The van der Waals surface area contributed by atoms with Crippen molar-refractivity contribution >= 4 is 5.91 Å². The van der Waals surface area contributed by atoms with Gasteiger partial charge in [-0.2, -0.15) is 0 Å². The second-order valence-electron chi connectivity index (χ2n) is 6.16. The van der Waals surface area contributed by atoms with E-state index in [2.05, 4.69) is 5.32 Å². The van der Waals surface area contributed by atoms with Crippen LogP contribution in [0.15, 0.2) is 48.5 Å². The van der Waals surface area contributed by atoms with Crippen LogP contribution in [0.5, 0.6) is 0 Å². The summed E-state index contributed by atoms with van der Waals surface area (Å²) < 4.78 is 0.